The molecule has 0 aliphatic heterocycles. The Balaban J connectivity index is 2.11. The number of rotatable bonds is 7. The first kappa shape index (κ1) is 14.4. The molecule has 1 heterocycles. The summed E-state index contributed by atoms with van der Waals surface area (Å²) in [5, 5.41) is 11.4. The minimum Gasteiger partial charge on any atom is -0.481 e. The first-order valence-corrected chi connectivity index (χ1v) is 7.01. The molecule has 1 aromatic carbocycles. The van der Waals surface area contributed by atoms with Gasteiger partial charge in [-0.25, -0.2) is 4.98 Å². The van der Waals surface area contributed by atoms with E-state index in [4.69, 9.17) is 9.84 Å². The standard InChI is InChI=1S/C15H15NO3S/c1-2-6-19-9-11-4-3-5-12(7-11)15-16-13(10-20-15)8-14(17)18/h2-5,7,10H,1,6,8-9H2,(H,17,18). The van der Waals surface area contributed by atoms with Crippen LogP contribution in [0.3, 0.4) is 0 Å². The lowest BCUT2D eigenvalue weighted by atomic mass is 10.1. The van der Waals surface area contributed by atoms with Crippen LogP contribution in [0.2, 0.25) is 0 Å². The van der Waals surface area contributed by atoms with E-state index < -0.39 is 5.97 Å². The van der Waals surface area contributed by atoms with E-state index >= 15 is 0 Å². The smallest absolute Gasteiger partial charge is 0.309 e. The summed E-state index contributed by atoms with van der Waals surface area (Å²) in [6.45, 7) is 4.64. The van der Waals surface area contributed by atoms with Gasteiger partial charge in [0.25, 0.3) is 0 Å². The molecule has 0 atom stereocenters. The molecule has 0 spiro atoms. The van der Waals surface area contributed by atoms with Gasteiger partial charge in [-0.1, -0.05) is 24.3 Å². The number of carbonyl (C=O) groups is 1. The van der Waals surface area contributed by atoms with Crippen molar-refractivity contribution in [3.63, 3.8) is 0 Å². The Morgan fingerprint density at radius 2 is 2.35 bits per heavy atom. The third-order valence-electron chi connectivity index (χ3n) is 2.56. The number of benzene rings is 1. The van der Waals surface area contributed by atoms with Crippen LogP contribution in [0.15, 0.2) is 42.3 Å². The highest BCUT2D eigenvalue weighted by Gasteiger charge is 2.08. The number of hydrogen-bond acceptors (Lipinski definition) is 4. The van der Waals surface area contributed by atoms with E-state index in [-0.39, 0.29) is 6.42 Å². The van der Waals surface area contributed by atoms with Gasteiger partial charge in [0.15, 0.2) is 0 Å². The quantitative estimate of drug-likeness (QED) is 0.628. The summed E-state index contributed by atoms with van der Waals surface area (Å²) >= 11 is 1.45. The number of thiazole rings is 1. The topological polar surface area (TPSA) is 59.4 Å². The molecule has 104 valence electrons. The lowest BCUT2D eigenvalue weighted by molar-refractivity contribution is -0.136. The number of aliphatic carboxylic acids is 1. The van der Waals surface area contributed by atoms with Crippen LogP contribution in [0.4, 0.5) is 0 Å². The lowest BCUT2D eigenvalue weighted by Gasteiger charge is -2.03. The van der Waals surface area contributed by atoms with Gasteiger partial charge in [-0.3, -0.25) is 4.79 Å². The number of ether oxygens (including phenoxy) is 1. The van der Waals surface area contributed by atoms with Crippen molar-refractivity contribution in [2.24, 2.45) is 0 Å². The lowest BCUT2D eigenvalue weighted by Crippen LogP contribution is -1.99. The van der Waals surface area contributed by atoms with Crippen molar-refractivity contribution >= 4 is 17.3 Å². The molecule has 0 aliphatic rings. The van der Waals surface area contributed by atoms with E-state index in [0.717, 1.165) is 16.1 Å². The van der Waals surface area contributed by atoms with Crippen molar-refractivity contribution in [1.82, 2.24) is 4.98 Å². The highest BCUT2D eigenvalue weighted by atomic mass is 32.1. The zero-order valence-corrected chi connectivity index (χ0v) is 11.7. The van der Waals surface area contributed by atoms with Gasteiger partial charge in [-0.2, -0.15) is 0 Å². The summed E-state index contributed by atoms with van der Waals surface area (Å²) in [4.78, 5) is 15.0. The maximum atomic E-state index is 10.7. The normalized spacial score (nSPS) is 10.4. The molecular formula is C15H15NO3S. The first-order chi connectivity index (χ1) is 9.69. The number of hydrogen-bond donors (Lipinski definition) is 1. The Kier molecular flexibility index (Phi) is 5.03. The Hall–Kier alpha value is -1.98. The average Bonchev–Trinajstić information content (AvgIpc) is 2.87. The Labute approximate surface area is 121 Å². The van der Waals surface area contributed by atoms with Crippen LogP contribution >= 0.6 is 11.3 Å². The summed E-state index contributed by atoms with van der Waals surface area (Å²) in [6.07, 6.45) is 1.67. The van der Waals surface area contributed by atoms with Gasteiger partial charge in [-0.15, -0.1) is 17.9 Å². The second-order valence-corrected chi connectivity index (χ2v) is 5.08. The van der Waals surface area contributed by atoms with Gasteiger partial charge < -0.3 is 9.84 Å². The molecule has 0 bridgehead atoms. The zero-order valence-electron chi connectivity index (χ0n) is 10.9. The average molecular weight is 289 g/mol. The molecule has 0 saturated heterocycles. The molecule has 2 aromatic rings. The molecule has 0 saturated carbocycles. The largest absolute Gasteiger partial charge is 0.481 e. The number of carboxylic acids is 1. The van der Waals surface area contributed by atoms with Gasteiger partial charge in [-0.05, 0) is 11.6 Å². The molecule has 0 aliphatic carbocycles. The van der Waals surface area contributed by atoms with Crippen molar-refractivity contribution in [2.45, 2.75) is 13.0 Å². The molecule has 0 amide bonds. The number of carboxylic acid groups (broad SMARTS) is 1. The maximum Gasteiger partial charge on any atom is 0.309 e. The second-order valence-electron chi connectivity index (χ2n) is 4.22. The van der Waals surface area contributed by atoms with Gasteiger partial charge in [0.1, 0.15) is 5.01 Å². The monoisotopic (exact) mass is 289 g/mol. The Bertz CT molecular complexity index is 607. The van der Waals surface area contributed by atoms with E-state index in [1.807, 2.05) is 24.3 Å². The molecule has 0 fully saturated rings. The van der Waals surface area contributed by atoms with Crippen LogP contribution in [-0.4, -0.2) is 22.7 Å². The Morgan fingerprint density at radius 1 is 1.50 bits per heavy atom. The first-order valence-electron chi connectivity index (χ1n) is 6.13. The molecule has 1 aromatic heterocycles. The fourth-order valence-corrected chi connectivity index (χ4v) is 2.55. The zero-order chi connectivity index (χ0) is 14.4. The molecule has 5 heteroatoms. The van der Waals surface area contributed by atoms with Crippen molar-refractivity contribution < 1.29 is 14.6 Å². The summed E-state index contributed by atoms with van der Waals surface area (Å²) in [5.74, 6) is -0.867. The fraction of sp³-hybridized carbons (Fsp3) is 0.200. The van der Waals surface area contributed by atoms with Crippen LogP contribution in [0.25, 0.3) is 10.6 Å². The molecule has 1 N–H and O–H groups in total. The molecule has 0 unspecified atom stereocenters. The highest BCUT2D eigenvalue weighted by Crippen LogP contribution is 2.25. The summed E-state index contributed by atoms with van der Waals surface area (Å²) in [6, 6.07) is 7.89. The number of aromatic nitrogens is 1. The predicted molar refractivity (Wildman–Crippen MR) is 78.7 cm³/mol. The molecule has 4 nitrogen and oxygen atoms in total. The van der Waals surface area contributed by atoms with Crippen LogP contribution in [0.5, 0.6) is 0 Å². The SMILES string of the molecule is C=CCOCc1cccc(-c2nc(CC(=O)O)cs2)c1. The van der Waals surface area contributed by atoms with Crippen molar-refractivity contribution in [3.05, 3.63) is 53.6 Å². The van der Waals surface area contributed by atoms with E-state index in [0.29, 0.717) is 18.9 Å². The van der Waals surface area contributed by atoms with Crippen LogP contribution in [-0.2, 0) is 22.6 Å². The number of nitrogens with zero attached hydrogens (tertiary/aromatic N) is 1. The van der Waals surface area contributed by atoms with Gasteiger partial charge >= 0.3 is 5.97 Å². The molecule has 2 rings (SSSR count). The van der Waals surface area contributed by atoms with Crippen LogP contribution in [0, 0.1) is 0 Å². The van der Waals surface area contributed by atoms with Crippen LogP contribution in [0.1, 0.15) is 11.3 Å². The van der Waals surface area contributed by atoms with Crippen LogP contribution < -0.4 is 0 Å². The summed E-state index contributed by atoms with van der Waals surface area (Å²) in [7, 11) is 0. The Morgan fingerprint density at radius 3 is 3.10 bits per heavy atom. The van der Waals surface area contributed by atoms with E-state index in [2.05, 4.69) is 11.6 Å². The van der Waals surface area contributed by atoms with Gasteiger partial charge in [0.05, 0.1) is 25.3 Å². The van der Waals surface area contributed by atoms with E-state index in [1.165, 1.54) is 11.3 Å². The minimum atomic E-state index is -0.867. The van der Waals surface area contributed by atoms with Crippen molar-refractivity contribution in [2.75, 3.05) is 6.61 Å². The summed E-state index contributed by atoms with van der Waals surface area (Å²) < 4.78 is 5.40. The second kappa shape index (κ2) is 6.98. The fourth-order valence-electron chi connectivity index (χ4n) is 1.73. The predicted octanol–water partition coefficient (Wildman–Crippen LogP) is 3.14. The highest BCUT2D eigenvalue weighted by molar-refractivity contribution is 7.13. The summed E-state index contributed by atoms with van der Waals surface area (Å²) in [5.41, 5.74) is 2.62. The van der Waals surface area contributed by atoms with Crippen molar-refractivity contribution in [3.8, 4) is 10.6 Å². The third-order valence-corrected chi connectivity index (χ3v) is 3.50. The minimum absolute atomic E-state index is 0.0430. The maximum absolute atomic E-state index is 10.7. The molecule has 0 radical (unpaired) electrons. The van der Waals surface area contributed by atoms with Gasteiger partial charge in [0.2, 0.25) is 0 Å². The van der Waals surface area contributed by atoms with E-state index in [9.17, 15) is 4.79 Å². The molecule has 20 heavy (non-hydrogen) atoms. The van der Waals surface area contributed by atoms with Gasteiger partial charge in [0, 0.05) is 10.9 Å². The molecular weight excluding hydrogens is 274 g/mol. The van der Waals surface area contributed by atoms with Crippen molar-refractivity contribution in [1.29, 1.82) is 0 Å². The van der Waals surface area contributed by atoms with E-state index in [1.54, 1.807) is 11.5 Å². The third kappa shape index (κ3) is 4.01.